The van der Waals surface area contributed by atoms with Gasteiger partial charge in [0.05, 0.1) is 10.3 Å². The zero-order chi connectivity index (χ0) is 18.6. The fourth-order valence-electron chi connectivity index (χ4n) is 5.31. The summed E-state index contributed by atoms with van der Waals surface area (Å²) in [6, 6.07) is 1.58. The minimum absolute atomic E-state index is 0.788. The van der Waals surface area contributed by atoms with Crippen LogP contribution in [-0.2, 0) is 0 Å². The van der Waals surface area contributed by atoms with E-state index in [0.29, 0.717) is 0 Å². The van der Waals surface area contributed by atoms with Crippen LogP contribution in [0.1, 0.15) is 65.2 Å². The van der Waals surface area contributed by atoms with Gasteiger partial charge in [-0.2, -0.15) is 0 Å². The molecule has 0 aromatic rings. The highest BCUT2D eigenvalue weighted by molar-refractivity contribution is 8.14. The van der Waals surface area contributed by atoms with E-state index in [1.165, 1.54) is 61.4 Å². The van der Waals surface area contributed by atoms with E-state index in [4.69, 9.17) is 0 Å². The molecular formula is C23H35N2S2+. The summed E-state index contributed by atoms with van der Waals surface area (Å²) >= 11 is 4.24. The van der Waals surface area contributed by atoms with Gasteiger partial charge in [0, 0.05) is 30.3 Å². The van der Waals surface area contributed by atoms with E-state index in [2.05, 4.69) is 77.2 Å². The maximum Gasteiger partial charge on any atom is 0.235 e. The minimum atomic E-state index is 0.788. The Kier molecular flexibility index (Phi) is 6.75. The number of allylic oxidation sites excluding steroid dienone is 4. The van der Waals surface area contributed by atoms with Crippen LogP contribution in [0.4, 0.5) is 0 Å². The van der Waals surface area contributed by atoms with Gasteiger partial charge < -0.3 is 4.90 Å². The van der Waals surface area contributed by atoms with Crippen LogP contribution < -0.4 is 0 Å². The first-order valence-electron chi connectivity index (χ1n) is 11.1. The molecule has 27 heavy (non-hydrogen) atoms. The van der Waals surface area contributed by atoms with E-state index in [-0.39, 0.29) is 0 Å². The third-order valence-electron chi connectivity index (χ3n) is 6.63. The van der Waals surface area contributed by atoms with Gasteiger partial charge in [-0.3, -0.25) is 0 Å². The van der Waals surface area contributed by atoms with Gasteiger partial charge in [0.1, 0.15) is 6.54 Å². The van der Waals surface area contributed by atoms with Crippen molar-refractivity contribution in [3.8, 4) is 0 Å². The molecule has 2 heterocycles. The third-order valence-corrected chi connectivity index (χ3v) is 9.56. The molecule has 148 valence electrons. The zero-order valence-electron chi connectivity index (χ0n) is 17.0. The van der Waals surface area contributed by atoms with E-state index in [0.717, 1.165) is 35.7 Å². The molecule has 4 heteroatoms. The highest BCUT2D eigenvalue weighted by Gasteiger charge is 2.42. The van der Waals surface area contributed by atoms with Crippen LogP contribution in [0.15, 0.2) is 35.4 Å². The normalized spacial score (nSPS) is 35.6. The van der Waals surface area contributed by atoms with Crippen LogP contribution >= 0.6 is 23.5 Å². The number of hydrogen-bond donors (Lipinski definition) is 0. The van der Waals surface area contributed by atoms with Crippen molar-refractivity contribution in [1.82, 2.24) is 4.90 Å². The fourth-order valence-corrected chi connectivity index (χ4v) is 8.49. The molecule has 2 aliphatic heterocycles. The molecule has 4 rings (SSSR count). The predicted octanol–water partition coefficient (Wildman–Crippen LogP) is 5.81. The summed E-state index contributed by atoms with van der Waals surface area (Å²) in [5.41, 5.74) is 0. The minimum Gasteiger partial charge on any atom is -0.363 e. The van der Waals surface area contributed by atoms with Gasteiger partial charge in [-0.25, -0.2) is 4.58 Å². The molecule has 0 radical (unpaired) electrons. The van der Waals surface area contributed by atoms with Gasteiger partial charge in [-0.05, 0) is 57.4 Å². The van der Waals surface area contributed by atoms with Crippen molar-refractivity contribution >= 4 is 28.6 Å². The zero-order valence-corrected chi connectivity index (χ0v) is 18.6. The lowest BCUT2D eigenvalue weighted by atomic mass is 9.94. The van der Waals surface area contributed by atoms with E-state index in [1.807, 2.05) is 0 Å². The van der Waals surface area contributed by atoms with Crippen molar-refractivity contribution in [1.29, 1.82) is 0 Å². The van der Waals surface area contributed by atoms with Crippen LogP contribution in [0.25, 0.3) is 0 Å². The monoisotopic (exact) mass is 403 g/mol. The summed E-state index contributed by atoms with van der Waals surface area (Å²) in [4.78, 5) is 2.65. The molecule has 2 nitrogen and oxygen atoms in total. The lowest BCUT2D eigenvalue weighted by Gasteiger charge is -2.31. The highest BCUT2D eigenvalue weighted by atomic mass is 32.2. The highest BCUT2D eigenvalue weighted by Crippen LogP contribution is 2.45. The summed E-state index contributed by atoms with van der Waals surface area (Å²) in [7, 11) is 0. The topological polar surface area (TPSA) is 6.25 Å². The Morgan fingerprint density at radius 2 is 1.70 bits per heavy atom. The molecule has 3 fully saturated rings. The first-order valence-corrected chi connectivity index (χ1v) is 12.9. The van der Waals surface area contributed by atoms with Gasteiger partial charge in [0.25, 0.3) is 0 Å². The molecule has 1 saturated heterocycles. The molecule has 0 bridgehead atoms. The average Bonchev–Trinajstić information content (AvgIpc) is 3.24. The Morgan fingerprint density at radius 3 is 2.52 bits per heavy atom. The molecule has 0 N–H and O–H groups in total. The van der Waals surface area contributed by atoms with Crippen LogP contribution in [0.5, 0.6) is 0 Å². The van der Waals surface area contributed by atoms with E-state index in [1.54, 1.807) is 0 Å². The molecule has 4 atom stereocenters. The Hall–Kier alpha value is -0.610. The lowest BCUT2D eigenvalue weighted by Crippen LogP contribution is -2.36. The first kappa shape index (κ1) is 19.7. The van der Waals surface area contributed by atoms with Crippen LogP contribution in [0.2, 0.25) is 0 Å². The first-order chi connectivity index (χ1) is 13.3. The standard InChI is InChI=1S/C23H35N2S2/c1-3-24-18-12-8-10-14-20(18)26-22(24)16-6-5-7-17-23-25(4-2)19-13-9-11-15-21(19)27-23/h5-7,16-21H,3-4,8-15H2,1-2H3/q+1. The second-order valence-corrected chi connectivity index (χ2v) is 10.7. The summed E-state index contributed by atoms with van der Waals surface area (Å²) in [6.07, 6.45) is 22.7. The number of rotatable bonds is 5. The fraction of sp³-hybridized carbons (Fsp3) is 0.696. The van der Waals surface area contributed by atoms with Crippen LogP contribution in [0, 0.1) is 0 Å². The molecule has 0 aromatic carbocycles. The van der Waals surface area contributed by atoms with Gasteiger partial charge in [-0.1, -0.05) is 37.5 Å². The predicted molar refractivity (Wildman–Crippen MR) is 122 cm³/mol. The van der Waals surface area contributed by atoms with Gasteiger partial charge in [0.2, 0.25) is 5.04 Å². The average molecular weight is 404 g/mol. The van der Waals surface area contributed by atoms with Crippen molar-refractivity contribution in [2.24, 2.45) is 0 Å². The smallest absolute Gasteiger partial charge is 0.235 e. The summed E-state index contributed by atoms with van der Waals surface area (Å²) < 4.78 is 2.65. The maximum absolute atomic E-state index is 2.65. The maximum atomic E-state index is 2.65. The van der Waals surface area contributed by atoms with E-state index >= 15 is 0 Å². The molecule has 0 aromatic heterocycles. The third kappa shape index (κ3) is 4.22. The number of thioether (sulfide) groups is 2. The van der Waals surface area contributed by atoms with Crippen LogP contribution in [0.3, 0.4) is 0 Å². The van der Waals surface area contributed by atoms with Crippen molar-refractivity contribution < 1.29 is 4.58 Å². The van der Waals surface area contributed by atoms with Crippen molar-refractivity contribution in [2.45, 2.75) is 87.8 Å². The molecule has 2 saturated carbocycles. The van der Waals surface area contributed by atoms with E-state index in [9.17, 15) is 0 Å². The molecule has 0 spiro atoms. The molecule has 4 unspecified atom stereocenters. The largest absolute Gasteiger partial charge is 0.363 e. The second-order valence-electron chi connectivity index (χ2n) is 8.18. The van der Waals surface area contributed by atoms with Gasteiger partial charge >= 0.3 is 0 Å². The number of hydrogen-bond acceptors (Lipinski definition) is 3. The quantitative estimate of drug-likeness (QED) is 0.422. The summed E-state index contributed by atoms with van der Waals surface area (Å²) in [5.74, 6) is 0. The molecular weight excluding hydrogens is 368 g/mol. The summed E-state index contributed by atoms with van der Waals surface area (Å²) in [5, 5.41) is 4.65. The summed E-state index contributed by atoms with van der Waals surface area (Å²) in [6.45, 7) is 6.91. The van der Waals surface area contributed by atoms with Gasteiger partial charge in [0.15, 0.2) is 6.04 Å². The Morgan fingerprint density at radius 1 is 0.926 bits per heavy atom. The van der Waals surface area contributed by atoms with Crippen LogP contribution in [-0.4, -0.2) is 50.2 Å². The molecule has 2 aliphatic carbocycles. The Balaban J connectivity index is 1.39. The SMILES string of the molecule is CCN1/C(=C/C=C/C=C/C2=[N+](CC)C3CCCCC3S2)SC2CCCCC21. The van der Waals surface area contributed by atoms with Crippen molar-refractivity contribution in [2.75, 3.05) is 13.1 Å². The lowest BCUT2D eigenvalue weighted by molar-refractivity contribution is -0.558. The number of nitrogens with zero attached hydrogens (tertiary/aromatic N) is 2. The van der Waals surface area contributed by atoms with Gasteiger partial charge in [-0.15, -0.1) is 11.8 Å². The molecule has 4 aliphatic rings. The molecule has 0 amide bonds. The Labute approximate surface area is 174 Å². The van der Waals surface area contributed by atoms with Crippen molar-refractivity contribution in [3.63, 3.8) is 0 Å². The van der Waals surface area contributed by atoms with E-state index < -0.39 is 0 Å². The number of fused-ring (bicyclic) bond motifs is 2. The second kappa shape index (κ2) is 9.26. The Bertz CT molecular complexity index is 649. The van der Waals surface area contributed by atoms with Crippen molar-refractivity contribution in [3.05, 3.63) is 35.4 Å².